The van der Waals surface area contributed by atoms with Crippen LogP contribution in [0.3, 0.4) is 0 Å². The molecule has 27 heavy (non-hydrogen) atoms. The number of ether oxygens (including phenoxy) is 2. The Balaban J connectivity index is 2.11. The molecule has 0 aliphatic heterocycles. The molecule has 0 amide bonds. The summed E-state index contributed by atoms with van der Waals surface area (Å²) < 4.78 is 10.9. The first-order valence-corrected chi connectivity index (χ1v) is 11.5. The largest absolute Gasteiger partial charge is 0.465 e. The highest BCUT2D eigenvalue weighted by molar-refractivity contribution is 5.76. The summed E-state index contributed by atoms with van der Waals surface area (Å²) in [5, 5.41) is 0. The van der Waals surface area contributed by atoms with E-state index >= 15 is 0 Å². The predicted octanol–water partition coefficient (Wildman–Crippen LogP) is 6.21. The summed E-state index contributed by atoms with van der Waals surface area (Å²) in [6, 6.07) is 0. The number of unbranched alkanes of at least 4 members (excludes halogenated alkanes) is 9. The molecule has 0 N–H and O–H groups in total. The smallest absolute Gasteiger partial charge is 0.308 e. The molecule has 1 aliphatic rings. The molecule has 1 fully saturated rings. The Morgan fingerprint density at radius 1 is 0.667 bits per heavy atom. The van der Waals surface area contributed by atoms with Crippen LogP contribution in [0.4, 0.5) is 0 Å². The Morgan fingerprint density at radius 3 is 1.59 bits per heavy atom. The maximum absolute atomic E-state index is 12.3. The highest BCUT2D eigenvalue weighted by atomic mass is 16.5. The second-order valence-corrected chi connectivity index (χ2v) is 8.08. The van der Waals surface area contributed by atoms with Crippen molar-refractivity contribution in [2.75, 3.05) is 13.2 Å². The van der Waals surface area contributed by atoms with Gasteiger partial charge in [0.25, 0.3) is 0 Å². The molecule has 2 atom stereocenters. The van der Waals surface area contributed by atoms with E-state index in [9.17, 15) is 9.59 Å². The van der Waals surface area contributed by atoms with Crippen molar-refractivity contribution >= 4 is 11.9 Å². The van der Waals surface area contributed by atoms with Gasteiger partial charge < -0.3 is 9.47 Å². The van der Waals surface area contributed by atoms with Crippen molar-refractivity contribution in [1.82, 2.24) is 0 Å². The van der Waals surface area contributed by atoms with Crippen LogP contribution in [0.5, 0.6) is 0 Å². The van der Waals surface area contributed by atoms with Crippen LogP contribution in [0.1, 0.15) is 110 Å². The molecule has 158 valence electrons. The molecular weight excluding hydrogens is 340 g/mol. The third-order valence-corrected chi connectivity index (χ3v) is 5.58. The van der Waals surface area contributed by atoms with Crippen molar-refractivity contribution in [3.05, 3.63) is 0 Å². The molecule has 0 radical (unpaired) electrons. The van der Waals surface area contributed by atoms with E-state index in [-0.39, 0.29) is 23.8 Å². The van der Waals surface area contributed by atoms with E-state index in [0.29, 0.717) is 19.6 Å². The molecule has 4 heteroatoms. The molecule has 2 unspecified atom stereocenters. The van der Waals surface area contributed by atoms with Gasteiger partial charge in [-0.2, -0.15) is 0 Å². The van der Waals surface area contributed by atoms with Gasteiger partial charge in [-0.3, -0.25) is 9.59 Å². The molecule has 0 aromatic rings. The fourth-order valence-corrected chi connectivity index (χ4v) is 3.79. The summed E-state index contributed by atoms with van der Waals surface area (Å²) >= 11 is 0. The highest BCUT2D eigenvalue weighted by Crippen LogP contribution is 2.31. The van der Waals surface area contributed by atoms with Crippen molar-refractivity contribution in [3.63, 3.8) is 0 Å². The van der Waals surface area contributed by atoms with Gasteiger partial charge in [0.2, 0.25) is 0 Å². The molecule has 4 nitrogen and oxygen atoms in total. The third-order valence-electron chi connectivity index (χ3n) is 5.58. The number of hydrogen-bond donors (Lipinski definition) is 0. The zero-order chi connectivity index (χ0) is 19.7. The topological polar surface area (TPSA) is 52.6 Å². The first-order chi connectivity index (χ1) is 13.2. The van der Waals surface area contributed by atoms with E-state index in [1.165, 1.54) is 38.5 Å². The highest BCUT2D eigenvalue weighted by Gasteiger charge is 2.32. The molecular formula is C23H42O4. The van der Waals surface area contributed by atoms with Crippen LogP contribution in [0.2, 0.25) is 0 Å². The lowest BCUT2D eigenvalue weighted by atomic mass is 9.81. The molecule has 0 aromatic heterocycles. The average molecular weight is 383 g/mol. The van der Waals surface area contributed by atoms with Crippen LogP contribution in [0, 0.1) is 11.8 Å². The average Bonchev–Trinajstić information content (AvgIpc) is 2.69. The van der Waals surface area contributed by atoms with Crippen LogP contribution in [0.15, 0.2) is 0 Å². The molecule has 0 saturated heterocycles. The lowest BCUT2D eigenvalue weighted by molar-refractivity contribution is -0.155. The first-order valence-electron chi connectivity index (χ1n) is 11.5. The lowest BCUT2D eigenvalue weighted by Crippen LogP contribution is -2.30. The van der Waals surface area contributed by atoms with E-state index < -0.39 is 0 Å². The van der Waals surface area contributed by atoms with Gasteiger partial charge >= 0.3 is 11.9 Å². The summed E-state index contributed by atoms with van der Waals surface area (Å²) in [5.74, 6) is -0.477. The predicted molar refractivity (Wildman–Crippen MR) is 110 cm³/mol. The van der Waals surface area contributed by atoms with Crippen LogP contribution >= 0.6 is 0 Å². The summed E-state index contributed by atoms with van der Waals surface area (Å²) in [4.78, 5) is 24.5. The Bertz CT molecular complexity index is 394. The van der Waals surface area contributed by atoms with Gasteiger partial charge in [-0.1, -0.05) is 78.1 Å². The number of carbonyl (C=O) groups excluding carboxylic acids is 2. The minimum atomic E-state index is -0.124. The second-order valence-electron chi connectivity index (χ2n) is 8.08. The Morgan fingerprint density at radius 2 is 1.07 bits per heavy atom. The molecule has 0 heterocycles. The standard InChI is InChI=1S/C23H42O4/c1-3-5-7-8-9-10-11-13-18-27-23(25)21-16-14-15-20(19-21)22(24)26-17-12-6-4-2/h20-21H,3-19H2,1-2H3. The fraction of sp³-hybridized carbons (Fsp3) is 0.913. The van der Waals surface area contributed by atoms with Gasteiger partial charge in [0.05, 0.1) is 25.0 Å². The number of hydrogen-bond acceptors (Lipinski definition) is 4. The molecule has 0 spiro atoms. The Hall–Kier alpha value is -1.06. The fourth-order valence-electron chi connectivity index (χ4n) is 3.79. The number of rotatable bonds is 15. The SMILES string of the molecule is CCCCCCCCCCOC(=O)C1CCCC(C(=O)OCCCCC)C1. The van der Waals surface area contributed by atoms with Gasteiger partial charge in [0.1, 0.15) is 0 Å². The summed E-state index contributed by atoms with van der Waals surface area (Å²) in [5.41, 5.74) is 0. The van der Waals surface area contributed by atoms with Gasteiger partial charge in [-0.15, -0.1) is 0 Å². The molecule has 1 aliphatic carbocycles. The van der Waals surface area contributed by atoms with Gasteiger partial charge in [-0.25, -0.2) is 0 Å². The zero-order valence-electron chi connectivity index (χ0n) is 17.8. The zero-order valence-corrected chi connectivity index (χ0v) is 17.8. The Labute approximate surface area is 166 Å². The maximum atomic E-state index is 12.3. The van der Waals surface area contributed by atoms with E-state index in [1.54, 1.807) is 0 Å². The summed E-state index contributed by atoms with van der Waals surface area (Å²) in [6.45, 7) is 5.40. The summed E-state index contributed by atoms with van der Waals surface area (Å²) in [6.07, 6.45) is 16.2. The van der Waals surface area contributed by atoms with Crippen molar-refractivity contribution in [1.29, 1.82) is 0 Å². The van der Waals surface area contributed by atoms with Gasteiger partial charge in [0.15, 0.2) is 0 Å². The molecule has 0 bridgehead atoms. The van der Waals surface area contributed by atoms with E-state index in [4.69, 9.17) is 9.47 Å². The maximum Gasteiger partial charge on any atom is 0.308 e. The third kappa shape index (κ3) is 11.4. The van der Waals surface area contributed by atoms with E-state index in [0.717, 1.165) is 51.4 Å². The number of esters is 2. The van der Waals surface area contributed by atoms with Crippen LogP contribution < -0.4 is 0 Å². The van der Waals surface area contributed by atoms with Crippen LogP contribution in [-0.2, 0) is 19.1 Å². The van der Waals surface area contributed by atoms with Crippen molar-refractivity contribution in [3.8, 4) is 0 Å². The van der Waals surface area contributed by atoms with Crippen molar-refractivity contribution in [2.24, 2.45) is 11.8 Å². The van der Waals surface area contributed by atoms with Gasteiger partial charge in [-0.05, 0) is 32.1 Å². The summed E-state index contributed by atoms with van der Waals surface area (Å²) in [7, 11) is 0. The molecule has 0 aromatic carbocycles. The monoisotopic (exact) mass is 382 g/mol. The lowest BCUT2D eigenvalue weighted by Gasteiger charge is -2.26. The van der Waals surface area contributed by atoms with E-state index in [1.807, 2.05) is 0 Å². The minimum absolute atomic E-state index is 0.110. The van der Waals surface area contributed by atoms with E-state index in [2.05, 4.69) is 13.8 Å². The van der Waals surface area contributed by atoms with Gasteiger partial charge in [0, 0.05) is 0 Å². The minimum Gasteiger partial charge on any atom is -0.465 e. The normalized spacial score (nSPS) is 19.6. The van der Waals surface area contributed by atoms with Crippen LogP contribution in [0.25, 0.3) is 0 Å². The number of carbonyl (C=O) groups is 2. The quantitative estimate of drug-likeness (QED) is 0.249. The Kier molecular flexibility index (Phi) is 14.2. The molecule has 1 saturated carbocycles. The second kappa shape index (κ2) is 15.9. The van der Waals surface area contributed by atoms with Crippen molar-refractivity contribution < 1.29 is 19.1 Å². The van der Waals surface area contributed by atoms with Crippen LogP contribution in [-0.4, -0.2) is 25.2 Å². The van der Waals surface area contributed by atoms with Crippen molar-refractivity contribution in [2.45, 2.75) is 110 Å². The first kappa shape index (κ1) is 24.0. The molecule has 1 rings (SSSR count).